The first kappa shape index (κ1) is 16.4. The fourth-order valence-electron chi connectivity index (χ4n) is 2.70. The predicted octanol–water partition coefficient (Wildman–Crippen LogP) is 3.06. The Labute approximate surface area is 143 Å². The van der Waals surface area contributed by atoms with Crippen LogP contribution >= 0.6 is 11.3 Å². The minimum atomic E-state index is -0.287. The van der Waals surface area contributed by atoms with Crippen LogP contribution in [0.2, 0.25) is 0 Å². The third kappa shape index (κ3) is 4.32. The van der Waals surface area contributed by atoms with Crippen molar-refractivity contribution in [3.05, 3.63) is 53.2 Å². The van der Waals surface area contributed by atoms with E-state index >= 15 is 0 Å². The Morgan fingerprint density at radius 3 is 2.79 bits per heavy atom. The number of carbonyl (C=O) groups is 2. The number of nitrogens with zero attached hydrogens (tertiary/aromatic N) is 1. The second-order valence-electron chi connectivity index (χ2n) is 5.78. The number of urea groups is 1. The van der Waals surface area contributed by atoms with Crippen LogP contribution in [-0.4, -0.2) is 29.9 Å². The smallest absolute Gasteiger partial charge is 0.319 e. The monoisotopic (exact) mass is 347 g/mol. The molecule has 24 heavy (non-hydrogen) atoms. The number of likely N-dealkylation sites (tertiary alicyclic amines) is 1. The fourth-order valence-corrected chi connectivity index (χ4v) is 3.31. The van der Waals surface area contributed by atoms with E-state index in [1.165, 1.54) is 23.5 Å². The van der Waals surface area contributed by atoms with E-state index < -0.39 is 0 Å². The van der Waals surface area contributed by atoms with Crippen LogP contribution in [0.1, 0.15) is 12.0 Å². The first-order valence-electron chi connectivity index (χ1n) is 7.71. The molecule has 0 radical (unpaired) electrons. The van der Waals surface area contributed by atoms with Crippen molar-refractivity contribution in [3.8, 4) is 0 Å². The maximum atomic E-state index is 12.9. The van der Waals surface area contributed by atoms with Crippen LogP contribution in [-0.2, 0) is 11.3 Å². The molecule has 0 bridgehead atoms. The van der Waals surface area contributed by atoms with Crippen molar-refractivity contribution in [3.63, 3.8) is 0 Å². The van der Waals surface area contributed by atoms with Crippen molar-refractivity contribution in [1.29, 1.82) is 0 Å². The normalized spacial score (nSPS) is 17.1. The molecule has 0 unspecified atom stereocenters. The van der Waals surface area contributed by atoms with Crippen LogP contribution in [0.5, 0.6) is 0 Å². The Balaban J connectivity index is 1.46. The van der Waals surface area contributed by atoms with Crippen LogP contribution in [0.4, 0.5) is 14.2 Å². The number of rotatable bonds is 5. The molecule has 1 aliphatic heterocycles. The van der Waals surface area contributed by atoms with Crippen molar-refractivity contribution in [2.75, 3.05) is 18.4 Å². The summed E-state index contributed by atoms with van der Waals surface area (Å²) in [6, 6.07) is 9.58. The second kappa shape index (κ2) is 7.44. The second-order valence-corrected chi connectivity index (χ2v) is 6.73. The van der Waals surface area contributed by atoms with Gasteiger partial charge in [-0.15, -0.1) is 11.3 Å². The Bertz CT molecular complexity index is 703. The summed E-state index contributed by atoms with van der Waals surface area (Å²) in [7, 11) is 0. The number of anilines is 1. The van der Waals surface area contributed by atoms with Crippen LogP contribution in [0, 0.1) is 11.7 Å². The Morgan fingerprint density at radius 1 is 1.29 bits per heavy atom. The van der Waals surface area contributed by atoms with Gasteiger partial charge in [0.2, 0.25) is 5.91 Å². The Morgan fingerprint density at radius 2 is 2.08 bits per heavy atom. The highest BCUT2D eigenvalue weighted by Crippen LogP contribution is 2.20. The summed E-state index contributed by atoms with van der Waals surface area (Å²) in [5.41, 5.74) is 0.897. The first-order valence-corrected chi connectivity index (χ1v) is 8.58. The van der Waals surface area contributed by atoms with E-state index in [1.807, 2.05) is 17.5 Å². The highest BCUT2D eigenvalue weighted by atomic mass is 32.1. The molecule has 0 spiro atoms. The Hall–Kier alpha value is -2.41. The number of nitrogens with one attached hydrogen (secondary N) is 2. The molecule has 1 aromatic carbocycles. The van der Waals surface area contributed by atoms with Gasteiger partial charge in [0.1, 0.15) is 5.82 Å². The number of hydrogen-bond donors (Lipinski definition) is 2. The van der Waals surface area contributed by atoms with Gasteiger partial charge in [0, 0.05) is 32.0 Å². The van der Waals surface area contributed by atoms with Gasteiger partial charge < -0.3 is 10.2 Å². The average Bonchev–Trinajstić information content (AvgIpc) is 3.18. The fraction of sp³-hybridized carbons (Fsp3) is 0.294. The molecule has 5 nitrogen and oxygen atoms in total. The lowest BCUT2D eigenvalue weighted by Gasteiger charge is -2.17. The van der Waals surface area contributed by atoms with Crippen LogP contribution in [0.3, 0.4) is 0 Å². The largest absolute Gasteiger partial charge is 0.338 e. The maximum Gasteiger partial charge on any atom is 0.319 e. The molecular weight excluding hydrogens is 329 g/mol. The van der Waals surface area contributed by atoms with Gasteiger partial charge in [-0.3, -0.25) is 10.1 Å². The molecule has 1 atom stereocenters. The highest BCUT2D eigenvalue weighted by Gasteiger charge is 2.29. The molecular formula is C17H18FN3O2S. The average molecular weight is 347 g/mol. The minimum Gasteiger partial charge on any atom is -0.338 e. The van der Waals surface area contributed by atoms with Gasteiger partial charge in [-0.2, -0.15) is 0 Å². The lowest BCUT2D eigenvalue weighted by atomic mass is 10.1. The molecule has 1 aromatic heterocycles. The number of carbonyl (C=O) groups excluding carboxylic acids is 2. The lowest BCUT2D eigenvalue weighted by Crippen LogP contribution is -2.34. The van der Waals surface area contributed by atoms with Crippen molar-refractivity contribution in [1.82, 2.24) is 10.2 Å². The molecule has 3 rings (SSSR count). The quantitative estimate of drug-likeness (QED) is 0.873. The summed E-state index contributed by atoms with van der Waals surface area (Å²) in [4.78, 5) is 25.6. The number of thiophene rings is 1. The summed E-state index contributed by atoms with van der Waals surface area (Å²) < 4.78 is 12.9. The standard InChI is InChI=1S/C17H18FN3O2S/c18-14-5-3-12(4-6-14)10-21-11-13(8-16(21)22)9-19-17(23)20-15-2-1-7-24-15/h1-7,13H,8-11H2,(H2,19,20,23)/t13-/m1/s1. The first-order chi connectivity index (χ1) is 11.6. The van der Waals surface area contributed by atoms with E-state index in [-0.39, 0.29) is 23.7 Å². The minimum absolute atomic E-state index is 0.0600. The van der Waals surface area contributed by atoms with E-state index in [2.05, 4.69) is 10.6 Å². The zero-order valence-corrected chi connectivity index (χ0v) is 13.8. The molecule has 2 aromatic rings. The van der Waals surface area contributed by atoms with E-state index in [0.717, 1.165) is 10.6 Å². The number of amides is 3. The van der Waals surface area contributed by atoms with Crippen LogP contribution < -0.4 is 10.6 Å². The van der Waals surface area contributed by atoms with Gasteiger partial charge in [-0.1, -0.05) is 12.1 Å². The van der Waals surface area contributed by atoms with Gasteiger partial charge in [-0.05, 0) is 35.2 Å². The van der Waals surface area contributed by atoms with E-state index in [1.54, 1.807) is 17.0 Å². The topological polar surface area (TPSA) is 61.4 Å². The number of benzene rings is 1. The van der Waals surface area contributed by atoms with Crippen LogP contribution in [0.15, 0.2) is 41.8 Å². The summed E-state index contributed by atoms with van der Waals surface area (Å²) in [6.07, 6.45) is 0.417. The SMILES string of the molecule is O=C(NC[C@H]1CC(=O)N(Cc2ccc(F)cc2)C1)Nc1cccs1. The van der Waals surface area contributed by atoms with Gasteiger partial charge in [0.25, 0.3) is 0 Å². The van der Waals surface area contributed by atoms with E-state index in [0.29, 0.717) is 26.1 Å². The molecule has 1 fully saturated rings. The lowest BCUT2D eigenvalue weighted by molar-refractivity contribution is -0.128. The highest BCUT2D eigenvalue weighted by molar-refractivity contribution is 7.14. The summed E-state index contributed by atoms with van der Waals surface area (Å²) in [6.45, 7) is 1.51. The van der Waals surface area contributed by atoms with Crippen molar-refractivity contribution in [2.24, 2.45) is 5.92 Å². The molecule has 0 aliphatic carbocycles. The summed E-state index contributed by atoms with van der Waals surface area (Å²) >= 11 is 1.45. The number of halogens is 1. The summed E-state index contributed by atoms with van der Waals surface area (Å²) in [5, 5.41) is 8.22. The molecule has 7 heteroatoms. The summed E-state index contributed by atoms with van der Waals surface area (Å²) in [5.74, 6) is -0.137. The van der Waals surface area contributed by atoms with Gasteiger partial charge in [-0.25, -0.2) is 9.18 Å². The molecule has 2 heterocycles. The number of hydrogen-bond acceptors (Lipinski definition) is 3. The zero-order valence-electron chi connectivity index (χ0n) is 13.0. The molecule has 1 saturated heterocycles. The molecule has 0 saturated carbocycles. The molecule has 2 N–H and O–H groups in total. The van der Waals surface area contributed by atoms with Gasteiger partial charge in [0.15, 0.2) is 0 Å². The van der Waals surface area contributed by atoms with E-state index in [4.69, 9.17) is 0 Å². The third-order valence-corrected chi connectivity index (χ3v) is 4.68. The third-order valence-electron chi connectivity index (χ3n) is 3.89. The van der Waals surface area contributed by atoms with Crippen molar-refractivity contribution in [2.45, 2.75) is 13.0 Å². The Kier molecular flexibility index (Phi) is 5.10. The molecule has 3 amide bonds. The van der Waals surface area contributed by atoms with Crippen molar-refractivity contribution < 1.29 is 14.0 Å². The zero-order chi connectivity index (χ0) is 16.9. The molecule has 1 aliphatic rings. The van der Waals surface area contributed by atoms with Crippen molar-refractivity contribution >= 4 is 28.3 Å². The molecule has 126 valence electrons. The predicted molar refractivity (Wildman–Crippen MR) is 91.3 cm³/mol. The maximum absolute atomic E-state index is 12.9. The van der Waals surface area contributed by atoms with Gasteiger partial charge in [0.05, 0.1) is 5.00 Å². The van der Waals surface area contributed by atoms with Crippen LogP contribution in [0.25, 0.3) is 0 Å². The van der Waals surface area contributed by atoms with Gasteiger partial charge >= 0.3 is 6.03 Å². The van der Waals surface area contributed by atoms with E-state index in [9.17, 15) is 14.0 Å².